The molecule has 0 heterocycles. The molecule has 0 bridgehead atoms. The zero-order chi connectivity index (χ0) is 21.0. The van der Waals surface area contributed by atoms with Gasteiger partial charge in [0.1, 0.15) is 11.6 Å². The van der Waals surface area contributed by atoms with Crippen LogP contribution in [0.2, 0.25) is 0 Å². The minimum Gasteiger partial charge on any atom is -0.465 e. The number of benzene rings is 2. The molecular weight excluding hydrogens is 372 g/mol. The van der Waals surface area contributed by atoms with E-state index in [1.807, 2.05) is 19.1 Å². The Labute approximate surface area is 171 Å². The maximum atomic E-state index is 14.1. The minimum atomic E-state index is -0.875. The standard InChI is InChI=1S/C24H29F2NO2/c1-3-5-6-7-20(4-2)27(23(28)29)24(14-15-24)18-10-8-17(9-11-18)21-13-12-19(25)16-22(21)26/h8-13,16,20H,3-7,14-15H2,1-2H3,(H,28,29). The molecule has 156 valence electrons. The van der Waals surface area contributed by atoms with Crippen LogP contribution in [-0.4, -0.2) is 22.1 Å². The van der Waals surface area contributed by atoms with Crippen molar-refractivity contribution in [2.75, 3.05) is 0 Å². The first-order valence-corrected chi connectivity index (χ1v) is 10.5. The number of rotatable bonds is 9. The summed E-state index contributed by atoms with van der Waals surface area (Å²) in [5.41, 5.74) is 1.45. The van der Waals surface area contributed by atoms with Crippen molar-refractivity contribution < 1.29 is 18.7 Å². The highest BCUT2D eigenvalue weighted by Gasteiger charge is 2.53. The van der Waals surface area contributed by atoms with Gasteiger partial charge in [-0.3, -0.25) is 4.90 Å². The molecule has 2 aromatic rings. The first kappa shape index (κ1) is 21.3. The molecule has 1 unspecified atom stereocenters. The van der Waals surface area contributed by atoms with E-state index in [-0.39, 0.29) is 6.04 Å². The third kappa shape index (κ3) is 4.44. The van der Waals surface area contributed by atoms with Gasteiger partial charge in [-0.2, -0.15) is 0 Å². The van der Waals surface area contributed by atoms with Crippen molar-refractivity contribution in [2.24, 2.45) is 0 Å². The molecule has 1 aliphatic rings. The number of hydrogen-bond donors (Lipinski definition) is 1. The van der Waals surface area contributed by atoms with Crippen LogP contribution in [0.5, 0.6) is 0 Å². The average molecular weight is 401 g/mol. The van der Waals surface area contributed by atoms with Gasteiger partial charge in [-0.15, -0.1) is 0 Å². The van der Waals surface area contributed by atoms with Crippen LogP contribution in [0, 0.1) is 11.6 Å². The van der Waals surface area contributed by atoms with Gasteiger partial charge >= 0.3 is 6.09 Å². The summed E-state index contributed by atoms with van der Waals surface area (Å²) in [5, 5.41) is 10.0. The van der Waals surface area contributed by atoms with Crippen molar-refractivity contribution in [2.45, 2.75) is 70.4 Å². The molecule has 1 fully saturated rings. The van der Waals surface area contributed by atoms with E-state index < -0.39 is 23.3 Å². The number of unbranched alkanes of at least 4 members (excludes halogenated alkanes) is 2. The molecule has 0 spiro atoms. The zero-order valence-corrected chi connectivity index (χ0v) is 17.1. The van der Waals surface area contributed by atoms with Gasteiger partial charge in [0, 0.05) is 17.7 Å². The normalized spacial score (nSPS) is 15.7. The Morgan fingerprint density at radius 2 is 1.79 bits per heavy atom. The van der Waals surface area contributed by atoms with Crippen molar-refractivity contribution in [3.05, 3.63) is 59.7 Å². The van der Waals surface area contributed by atoms with Gasteiger partial charge in [0.2, 0.25) is 0 Å². The van der Waals surface area contributed by atoms with Crippen LogP contribution >= 0.6 is 0 Å². The number of carbonyl (C=O) groups is 1. The molecular formula is C24H29F2NO2. The SMILES string of the molecule is CCCCCC(CC)N(C(=O)O)C1(c2ccc(-c3ccc(F)cc3F)cc2)CC1. The second-order valence-electron chi connectivity index (χ2n) is 7.94. The molecule has 3 rings (SSSR count). The van der Waals surface area contributed by atoms with Gasteiger partial charge in [0.05, 0.1) is 5.54 Å². The highest BCUT2D eigenvalue weighted by Crippen LogP contribution is 2.53. The molecule has 1 aliphatic carbocycles. The Hall–Kier alpha value is -2.43. The summed E-state index contributed by atoms with van der Waals surface area (Å²) in [7, 11) is 0. The van der Waals surface area contributed by atoms with E-state index in [1.54, 1.807) is 17.0 Å². The molecule has 29 heavy (non-hydrogen) atoms. The molecule has 1 atom stereocenters. The van der Waals surface area contributed by atoms with Crippen LogP contribution in [0.3, 0.4) is 0 Å². The summed E-state index contributed by atoms with van der Waals surface area (Å²) in [6, 6.07) is 10.9. The summed E-state index contributed by atoms with van der Waals surface area (Å²) in [6.45, 7) is 4.19. The summed E-state index contributed by atoms with van der Waals surface area (Å²) < 4.78 is 27.3. The van der Waals surface area contributed by atoms with Crippen molar-refractivity contribution in [3.63, 3.8) is 0 Å². The Morgan fingerprint density at radius 3 is 2.31 bits per heavy atom. The Kier molecular flexibility index (Phi) is 6.56. The number of amides is 1. The molecule has 0 aromatic heterocycles. The minimum absolute atomic E-state index is 0.00392. The Morgan fingerprint density at radius 1 is 1.10 bits per heavy atom. The second kappa shape index (κ2) is 8.93. The lowest BCUT2D eigenvalue weighted by molar-refractivity contribution is 0.0819. The van der Waals surface area contributed by atoms with Gasteiger partial charge in [-0.25, -0.2) is 13.6 Å². The number of carboxylic acid groups (broad SMARTS) is 1. The lowest BCUT2D eigenvalue weighted by Crippen LogP contribution is -2.46. The number of halogens is 2. The molecule has 0 radical (unpaired) electrons. The van der Waals surface area contributed by atoms with E-state index in [9.17, 15) is 18.7 Å². The lowest BCUT2D eigenvalue weighted by atomic mass is 9.95. The zero-order valence-electron chi connectivity index (χ0n) is 17.1. The highest BCUT2D eigenvalue weighted by molar-refractivity contribution is 5.69. The van der Waals surface area contributed by atoms with E-state index in [0.717, 1.165) is 56.6 Å². The van der Waals surface area contributed by atoms with E-state index in [1.165, 1.54) is 12.1 Å². The van der Waals surface area contributed by atoms with Crippen LogP contribution in [0.4, 0.5) is 13.6 Å². The van der Waals surface area contributed by atoms with Gasteiger partial charge in [0.25, 0.3) is 0 Å². The highest BCUT2D eigenvalue weighted by atomic mass is 19.1. The Balaban J connectivity index is 1.86. The molecule has 0 saturated heterocycles. The fraction of sp³-hybridized carbons (Fsp3) is 0.458. The summed E-state index contributed by atoms with van der Waals surface area (Å²) in [6.07, 6.45) is 5.62. The van der Waals surface area contributed by atoms with Gasteiger partial charge in [-0.05, 0) is 48.9 Å². The van der Waals surface area contributed by atoms with Crippen molar-refractivity contribution in [1.82, 2.24) is 4.90 Å². The molecule has 0 aliphatic heterocycles. The van der Waals surface area contributed by atoms with E-state index in [2.05, 4.69) is 6.92 Å². The smallest absolute Gasteiger partial charge is 0.408 e. The maximum absolute atomic E-state index is 14.1. The predicted molar refractivity (Wildman–Crippen MR) is 111 cm³/mol. The fourth-order valence-electron chi connectivity index (χ4n) is 4.31. The predicted octanol–water partition coefficient (Wildman–Crippen LogP) is 6.96. The van der Waals surface area contributed by atoms with Gasteiger partial charge in [0.15, 0.2) is 0 Å². The average Bonchev–Trinajstić information content (AvgIpc) is 3.48. The van der Waals surface area contributed by atoms with Crippen LogP contribution in [0.15, 0.2) is 42.5 Å². The van der Waals surface area contributed by atoms with Crippen molar-refractivity contribution in [3.8, 4) is 11.1 Å². The van der Waals surface area contributed by atoms with Crippen molar-refractivity contribution in [1.29, 1.82) is 0 Å². The van der Waals surface area contributed by atoms with Gasteiger partial charge < -0.3 is 5.11 Å². The summed E-state index contributed by atoms with van der Waals surface area (Å²) >= 11 is 0. The quantitative estimate of drug-likeness (QED) is 0.461. The molecule has 5 heteroatoms. The molecule has 3 nitrogen and oxygen atoms in total. The van der Waals surface area contributed by atoms with Crippen LogP contribution in [0.25, 0.3) is 11.1 Å². The second-order valence-corrected chi connectivity index (χ2v) is 7.94. The van der Waals surface area contributed by atoms with Crippen LogP contribution in [-0.2, 0) is 5.54 Å². The van der Waals surface area contributed by atoms with Crippen LogP contribution < -0.4 is 0 Å². The number of nitrogens with zero attached hydrogens (tertiary/aromatic N) is 1. The van der Waals surface area contributed by atoms with Crippen LogP contribution in [0.1, 0.15) is 64.4 Å². The van der Waals surface area contributed by atoms with Gasteiger partial charge in [-0.1, -0.05) is 57.4 Å². The van der Waals surface area contributed by atoms with E-state index in [4.69, 9.17) is 0 Å². The topological polar surface area (TPSA) is 40.5 Å². The third-order valence-electron chi connectivity index (χ3n) is 6.03. The first-order chi connectivity index (χ1) is 13.9. The molecule has 1 N–H and O–H groups in total. The maximum Gasteiger partial charge on any atom is 0.408 e. The molecule has 1 amide bonds. The monoisotopic (exact) mass is 401 g/mol. The first-order valence-electron chi connectivity index (χ1n) is 10.5. The fourth-order valence-corrected chi connectivity index (χ4v) is 4.31. The molecule has 2 aromatic carbocycles. The summed E-state index contributed by atoms with van der Waals surface area (Å²) in [4.78, 5) is 13.9. The lowest BCUT2D eigenvalue weighted by Gasteiger charge is -2.37. The van der Waals surface area contributed by atoms with Crippen molar-refractivity contribution >= 4 is 6.09 Å². The number of hydrogen-bond acceptors (Lipinski definition) is 1. The van der Waals surface area contributed by atoms with E-state index in [0.29, 0.717) is 11.1 Å². The summed E-state index contributed by atoms with van der Waals surface area (Å²) in [5.74, 6) is -1.21. The third-order valence-corrected chi connectivity index (χ3v) is 6.03. The largest absolute Gasteiger partial charge is 0.465 e. The molecule has 1 saturated carbocycles. The van der Waals surface area contributed by atoms with E-state index >= 15 is 0 Å². The Bertz CT molecular complexity index is 846.